The van der Waals surface area contributed by atoms with Gasteiger partial charge in [-0.2, -0.15) is 0 Å². The number of rotatable bonds is 21. The minimum Gasteiger partial charge on any atom is -0.481 e. The van der Waals surface area contributed by atoms with Crippen molar-refractivity contribution in [3.63, 3.8) is 0 Å². The number of ketones is 1. The second-order valence-corrected chi connectivity index (χ2v) is 36.7. The number of unbranched alkanes of at least 4 members (excludes halogenated alkanes) is 1. The molecule has 0 radical (unpaired) electrons. The van der Waals surface area contributed by atoms with E-state index in [-0.39, 0.29) is 45.4 Å². The maximum absolute atomic E-state index is 14.7. The van der Waals surface area contributed by atoms with Gasteiger partial charge in [-0.25, -0.2) is 4.98 Å². The number of nitrogens with zero attached hydrogens (tertiary/aromatic N) is 1. The smallest absolute Gasteiger partial charge is 0.305 e. The lowest BCUT2D eigenvalue weighted by Gasteiger charge is -2.46. The Morgan fingerprint density at radius 3 is 1.76 bits per heavy atom. The maximum Gasteiger partial charge on any atom is 0.305 e. The number of aromatic nitrogens is 1. The first-order valence-electron chi connectivity index (χ1n) is 20.6. The molecule has 1 aromatic rings. The van der Waals surface area contributed by atoms with E-state index in [9.17, 15) is 14.7 Å². The second-order valence-electron chi connectivity index (χ2n) is 21.3. The molecule has 1 heterocycles. The summed E-state index contributed by atoms with van der Waals surface area (Å²) in [7, 11) is -6.65. The van der Waals surface area contributed by atoms with Gasteiger partial charge in [-0.3, -0.25) is 9.59 Å². The summed E-state index contributed by atoms with van der Waals surface area (Å²) in [5.41, 5.74) is 1.17. The lowest BCUT2D eigenvalue weighted by atomic mass is 9.73. The molecule has 0 bridgehead atoms. The van der Waals surface area contributed by atoms with E-state index in [0.717, 1.165) is 36.4 Å². The Labute approximate surface area is 345 Å². The molecule has 0 aliphatic heterocycles. The lowest BCUT2D eigenvalue weighted by Crippen LogP contribution is -2.54. The van der Waals surface area contributed by atoms with Crippen LogP contribution < -0.4 is 0 Å². The minimum atomic E-state index is -2.38. The molecule has 5 atom stereocenters. The first-order valence-corrected chi connectivity index (χ1v) is 30.2. The van der Waals surface area contributed by atoms with Crippen LogP contribution in [0.25, 0.3) is 6.08 Å². The van der Waals surface area contributed by atoms with E-state index in [0.29, 0.717) is 0 Å². The number of Topliss-reactive ketones (excluding diaryl/α,β-unsaturated/α-hetero) is 1. The Kier molecular flexibility index (Phi) is 18.5. The molecule has 0 aliphatic rings. The van der Waals surface area contributed by atoms with E-state index < -0.39 is 48.4 Å². The van der Waals surface area contributed by atoms with Gasteiger partial charge < -0.3 is 18.4 Å². The molecule has 1 aromatic heterocycles. The quantitative estimate of drug-likeness (QED) is 0.0748. The molecule has 0 saturated carbocycles. The zero-order valence-corrected chi connectivity index (χ0v) is 42.9. The molecule has 318 valence electrons. The average Bonchev–Trinajstić information content (AvgIpc) is 3.41. The molecule has 1 N–H and O–H groups in total. The van der Waals surface area contributed by atoms with Crippen molar-refractivity contribution in [2.45, 2.75) is 209 Å². The summed E-state index contributed by atoms with van der Waals surface area (Å²) in [6, 6.07) is 0. The highest BCUT2D eigenvalue weighted by atomic mass is 32.1. The van der Waals surface area contributed by atoms with Gasteiger partial charge in [0.25, 0.3) is 0 Å². The van der Waals surface area contributed by atoms with Crippen molar-refractivity contribution in [3.8, 4) is 0 Å². The summed E-state index contributed by atoms with van der Waals surface area (Å²) in [4.78, 5) is 31.5. The van der Waals surface area contributed by atoms with Crippen molar-refractivity contribution in [2.24, 2.45) is 17.3 Å². The fourth-order valence-electron chi connectivity index (χ4n) is 5.95. The van der Waals surface area contributed by atoms with Crippen LogP contribution >= 0.6 is 11.3 Å². The van der Waals surface area contributed by atoms with E-state index in [1.54, 1.807) is 11.3 Å². The standard InChI is InChI=1S/C44H83NO6SSi3/c1-31(26-24-22-23-25-27-36(49-53(16,17)41(5,6)7)32(2)28-35-30-52-34(4)45-35)39(51-55(20,21)43(11,12)13)33(3)40(48)44(14,15)37(29-38(46)47)50-54(18,19)42(8,9)10/h23,25,28,30-31,33,36-37,39H,22,24,26-27,29H2,1-21H3,(H,46,47)/b25-23-,32-28+/t31-,33+,36-,37-,39-/m0/s1. The van der Waals surface area contributed by atoms with Crippen LogP contribution in [-0.4, -0.2) is 65.1 Å². The van der Waals surface area contributed by atoms with Gasteiger partial charge in [0.1, 0.15) is 5.78 Å². The molecule has 0 spiro atoms. The number of carboxylic acids is 1. The van der Waals surface area contributed by atoms with Gasteiger partial charge in [0, 0.05) is 16.7 Å². The molecule has 0 aliphatic carbocycles. The van der Waals surface area contributed by atoms with Crippen LogP contribution in [0.15, 0.2) is 23.1 Å². The number of allylic oxidation sites excluding steroid dienone is 1. The molecule has 0 saturated heterocycles. The third kappa shape index (κ3) is 15.2. The fourth-order valence-corrected chi connectivity index (χ4v) is 10.8. The van der Waals surface area contributed by atoms with E-state index >= 15 is 0 Å². The molecule has 1 rings (SSSR count). The molecule has 0 unspecified atom stereocenters. The minimum absolute atomic E-state index is 0.0110. The van der Waals surface area contributed by atoms with Gasteiger partial charge in [0.15, 0.2) is 25.0 Å². The largest absolute Gasteiger partial charge is 0.481 e. The number of aliphatic carboxylic acids is 1. The first-order chi connectivity index (χ1) is 24.6. The van der Waals surface area contributed by atoms with Crippen LogP contribution in [0.4, 0.5) is 0 Å². The maximum atomic E-state index is 14.7. The van der Waals surface area contributed by atoms with E-state index in [4.69, 9.17) is 13.3 Å². The number of carbonyl (C=O) groups is 2. The van der Waals surface area contributed by atoms with Crippen LogP contribution in [0.2, 0.25) is 54.4 Å². The molecule has 0 fully saturated rings. The SMILES string of the molecule is C/C(=C\c1csc(C)n1)[C@H](C/C=C\CCC[C@H](C)[C@H](O[Si](C)(C)C(C)(C)C)[C@@H](C)C(=O)C(C)(C)[C@H](CC(=O)O)O[Si](C)(C)C(C)(C)C)O[Si](C)(C)C(C)(C)C. The van der Waals surface area contributed by atoms with Gasteiger partial charge >= 0.3 is 5.97 Å². The topological polar surface area (TPSA) is 95.0 Å². The van der Waals surface area contributed by atoms with Crippen LogP contribution in [0.5, 0.6) is 0 Å². The predicted octanol–water partition coefficient (Wildman–Crippen LogP) is 13.5. The van der Waals surface area contributed by atoms with Crippen molar-refractivity contribution in [1.29, 1.82) is 0 Å². The van der Waals surface area contributed by atoms with Gasteiger partial charge in [0.05, 0.1) is 35.4 Å². The van der Waals surface area contributed by atoms with E-state index in [2.05, 4.69) is 144 Å². The lowest BCUT2D eigenvalue weighted by molar-refractivity contribution is -0.146. The summed E-state index contributed by atoms with van der Waals surface area (Å²) in [6.45, 7) is 45.5. The first kappa shape index (κ1) is 51.8. The molecule has 7 nitrogen and oxygen atoms in total. The number of carbonyl (C=O) groups excluding carboxylic acids is 1. The number of aryl methyl sites for hydroxylation is 1. The van der Waals surface area contributed by atoms with E-state index in [1.807, 2.05) is 27.7 Å². The van der Waals surface area contributed by atoms with Crippen molar-refractivity contribution in [1.82, 2.24) is 4.98 Å². The number of thiazole rings is 1. The highest BCUT2D eigenvalue weighted by Crippen LogP contribution is 2.44. The Balaban J connectivity index is 3.29. The second kappa shape index (κ2) is 19.7. The summed E-state index contributed by atoms with van der Waals surface area (Å²) in [5, 5.41) is 13.1. The van der Waals surface area contributed by atoms with E-state index in [1.165, 1.54) is 5.57 Å². The van der Waals surface area contributed by atoms with Crippen molar-refractivity contribution in [3.05, 3.63) is 33.8 Å². The number of hydrogen-bond donors (Lipinski definition) is 1. The van der Waals surface area contributed by atoms with Gasteiger partial charge in [0.2, 0.25) is 0 Å². The highest BCUT2D eigenvalue weighted by molar-refractivity contribution is 7.09. The Morgan fingerprint density at radius 1 is 0.818 bits per heavy atom. The molecule has 55 heavy (non-hydrogen) atoms. The molecule has 0 aromatic carbocycles. The molecular formula is C44H83NO6SSi3. The van der Waals surface area contributed by atoms with Gasteiger partial charge in [-0.15, -0.1) is 11.3 Å². The van der Waals surface area contributed by atoms with Crippen LogP contribution in [-0.2, 0) is 22.9 Å². The molecule has 0 amide bonds. The summed E-state index contributed by atoms with van der Waals surface area (Å²) in [6.07, 6.45) is 9.08. The van der Waals surface area contributed by atoms with Gasteiger partial charge in [-0.05, 0) is 111 Å². The Morgan fingerprint density at radius 2 is 1.31 bits per heavy atom. The molecular weight excluding hydrogens is 755 g/mol. The summed E-state index contributed by atoms with van der Waals surface area (Å²) >= 11 is 1.67. The highest BCUT2D eigenvalue weighted by Gasteiger charge is 2.50. The molecule has 11 heteroatoms. The normalized spacial score (nSPS) is 17.3. The summed E-state index contributed by atoms with van der Waals surface area (Å²) in [5.74, 6) is -1.25. The van der Waals surface area contributed by atoms with Crippen LogP contribution in [0.1, 0.15) is 140 Å². The number of hydrogen-bond acceptors (Lipinski definition) is 7. The Hall–Kier alpha value is -1.22. The monoisotopic (exact) mass is 838 g/mol. The number of carboxylic acid groups (broad SMARTS) is 1. The predicted molar refractivity (Wildman–Crippen MR) is 244 cm³/mol. The summed E-state index contributed by atoms with van der Waals surface area (Å²) < 4.78 is 20.8. The van der Waals surface area contributed by atoms with Crippen LogP contribution in [0, 0.1) is 24.2 Å². The fraction of sp³-hybridized carbons (Fsp3) is 0.795. The third-order valence-corrected chi connectivity index (χ3v) is 27.3. The van der Waals surface area contributed by atoms with Crippen LogP contribution in [0.3, 0.4) is 0 Å². The zero-order chi connectivity index (χ0) is 43.2. The third-order valence-electron chi connectivity index (χ3n) is 13.1. The average molecular weight is 838 g/mol. The van der Waals surface area contributed by atoms with Crippen molar-refractivity contribution >= 4 is 54.1 Å². The zero-order valence-electron chi connectivity index (χ0n) is 39.1. The Bertz CT molecular complexity index is 1460. The van der Waals surface area contributed by atoms with Crippen molar-refractivity contribution < 1.29 is 28.0 Å². The van der Waals surface area contributed by atoms with Crippen molar-refractivity contribution in [2.75, 3.05) is 0 Å². The van der Waals surface area contributed by atoms with Gasteiger partial charge in [-0.1, -0.05) is 102 Å².